The van der Waals surface area contributed by atoms with Crippen LogP contribution in [0.5, 0.6) is 0 Å². The van der Waals surface area contributed by atoms with Gasteiger partial charge in [0.15, 0.2) is 0 Å². The number of hydrogen-bond acceptors (Lipinski definition) is 2. The van der Waals surface area contributed by atoms with Gasteiger partial charge in [0.05, 0.1) is 24.2 Å². The van der Waals surface area contributed by atoms with Gasteiger partial charge in [0.25, 0.3) is 0 Å². The maximum Gasteiger partial charge on any atom is 0.329 e. The van der Waals surface area contributed by atoms with Crippen LogP contribution in [0, 0.1) is 0 Å². The summed E-state index contributed by atoms with van der Waals surface area (Å²) in [4.78, 5) is 11.9. The van der Waals surface area contributed by atoms with E-state index in [2.05, 4.69) is 0 Å². The van der Waals surface area contributed by atoms with Crippen LogP contribution in [-0.4, -0.2) is 20.8 Å². The average molecular weight is 206 g/mol. The van der Waals surface area contributed by atoms with E-state index in [1.54, 1.807) is 9.13 Å². The molecule has 0 unspecified atom stereocenters. The fraction of sp³-hybridized carbons (Fsp3) is 0.364. The highest BCUT2D eigenvalue weighted by Crippen LogP contribution is 2.11. The first-order valence-corrected chi connectivity index (χ1v) is 5.08. The molecule has 15 heavy (non-hydrogen) atoms. The molecule has 0 radical (unpaired) electrons. The standard InChI is InChI=1S/C11H14N2O2/c1-2-12-9-5-3-4-6-10(9)13(7-8-14)11(12)15/h3-6,14H,2,7-8H2,1H3. The van der Waals surface area contributed by atoms with Crippen molar-refractivity contribution in [3.63, 3.8) is 0 Å². The molecule has 0 atom stereocenters. The van der Waals surface area contributed by atoms with Crippen LogP contribution in [0.1, 0.15) is 6.92 Å². The van der Waals surface area contributed by atoms with Gasteiger partial charge in [-0.3, -0.25) is 9.13 Å². The van der Waals surface area contributed by atoms with E-state index in [1.165, 1.54) is 0 Å². The Hall–Kier alpha value is -1.55. The topological polar surface area (TPSA) is 47.2 Å². The average Bonchev–Trinajstić information content (AvgIpc) is 2.53. The molecular weight excluding hydrogens is 192 g/mol. The molecule has 0 saturated carbocycles. The van der Waals surface area contributed by atoms with Crippen molar-refractivity contribution in [1.29, 1.82) is 0 Å². The van der Waals surface area contributed by atoms with Crippen molar-refractivity contribution < 1.29 is 5.11 Å². The zero-order chi connectivity index (χ0) is 10.8. The molecule has 0 aliphatic heterocycles. The zero-order valence-electron chi connectivity index (χ0n) is 8.68. The monoisotopic (exact) mass is 206 g/mol. The molecule has 0 saturated heterocycles. The van der Waals surface area contributed by atoms with Gasteiger partial charge in [0.2, 0.25) is 0 Å². The Balaban J connectivity index is 2.79. The van der Waals surface area contributed by atoms with Gasteiger partial charge in [-0.2, -0.15) is 0 Å². The predicted octanol–water partition coefficient (Wildman–Crippen LogP) is 0.815. The van der Waals surface area contributed by atoms with Gasteiger partial charge in [0.1, 0.15) is 0 Å². The smallest absolute Gasteiger partial charge is 0.329 e. The molecule has 0 bridgehead atoms. The molecule has 1 aromatic heterocycles. The Morgan fingerprint density at radius 1 is 1.20 bits per heavy atom. The first-order valence-electron chi connectivity index (χ1n) is 5.08. The van der Waals surface area contributed by atoms with E-state index < -0.39 is 0 Å². The number of aryl methyl sites for hydroxylation is 1. The second-order valence-electron chi connectivity index (χ2n) is 3.39. The van der Waals surface area contributed by atoms with Crippen molar-refractivity contribution >= 4 is 11.0 Å². The molecule has 80 valence electrons. The number of aliphatic hydroxyl groups is 1. The molecule has 1 N–H and O–H groups in total. The van der Waals surface area contributed by atoms with Gasteiger partial charge in [0, 0.05) is 6.54 Å². The molecule has 2 rings (SSSR count). The van der Waals surface area contributed by atoms with Gasteiger partial charge in [-0.05, 0) is 19.1 Å². The largest absolute Gasteiger partial charge is 0.395 e. The minimum atomic E-state index is -0.0484. The minimum Gasteiger partial charge on any atom is -0.395 e. The third-order valence-corrected chi connectivity index (χ3v) is 2.56. The number of imidazole rings is 1. The van der Waals surface area contributed by atoms with Crippen molar-refractivity contribution in [2.75, 3.05) is 6.61 Å². The lowest BCUT2D eigenvalue weighted by Crippen LogP contribution is -2.24. The Labute approximate surface area is 87.4 Å². The molecular formula is C11H14N2O2. The van der Waals surface area contributed by atoms with Crippen LogP contribution in [0.4, 0.5) is 0 Å². The maximum atomic E-state index is 11.9. The second kappa shape index (κ2) is 3.90. The van der Waals surface area contributed by atoms with E-state index in [4.69, 9.17) is 5.11 Å². The first kappa shape index (κ1) is 9.98. The molecule has 0 fully saturated rings. The zero-order valence-corrected chi connectivity index (χ0v) is 8.68. The molecule has 4 nitrogen and oxygen atoms in total. The van der Waals surface area contributed by atoms with E-state index in [-0.39, 0.29) is 12.3 Å². The number of rotatable bonds is 3. The summed E-state index contributed by atoms with van der Waals surface area (Å²) in [5.41, 5.74) is 1.77. The maximum absolute atomic E-state index is 11.9. The number of benzene rings is 1. The van der Waals surface area contributed by atoms with Crippen LogP contribution in [0.25, 0.3) is 11.0 Å². The number of fused-ring (bicyclic) bond motifs is 1. The second-order valence-corrected chi connectivity index (χ2v) is 3.39. The van der Waals surface area contributed by atoms with Crippen LogP contribution in [0.2, 0.25) is 0 Å². The van der Waals surface area contributed by atoms with Crippen LogP contribution in [0.15, 0.2) is 29.1 Å². The predicted molar refractivity (Wildman–Crippen MR) is 59.0 cm³/mol. The summed E-state index contributed by atoms with van der Waals surface area (Å²) in [6.07, 6.45) is 0. The van der Waals surface area contributed by atoms with Gasteiger partial charge >= 0.3 is 5.69 Å². The van der Waals surface area contributed by atoms with Crippen molar-refractivity contribution in [3.05, 3.63) is 34.7 Å². The Kier molecular flexibility index (Phi) is 2.60. The number of aromatic nitrogens is 2. The third-order valence-electron chi connectivity index (χ3n) is 2.56. The third kappa shape index (κ3) is 1.47. The summed E-state index contributed by atoms with van der Waals surface area (Å²) in [6, 6.07) is 7.64. The quantitative estimate of drug-likeness (QED) is 0.808. The summed E-state index contributed by atoms with van der Waals surface area (Å²) in [6.45, 7) is 2.93. The summed E-state index contributed by atoms with van der Waals surface area (Å²) >= 11 is 0. The highest BCUT2D eigenvalue weighted by molar-refractivity contribution is 5.75. The van der Waals surface area contributed by atoms with Gasteiger partial charge in [-0.15, -0.1) is 0 Å². The van der Waals surface area contributed by atoms with E-state index in [0.29, 0.717) is 13.1 Å². The van der Waals surface area contributed by atoms with E-state index in [9.17, 15) is 4.79 Å². The highest BCUT2D eigenvalue weighted by Gasteiger charge is 2.09. The molecule has 4 heteroatoms. The first-order chi connectivity index (χ1) is 7.29. The van der Waals surface area contributed by atoms with E-state index >= 15 is 0 Å². The lowest BCUT2D eigenvalue weighted by molar-refractivity contribution is 0.275. The van der Waals surface area contributed by atoms with Gasteiger partial charge in [-0.25, -0.2) is 4.79 Å². The summed E-state index contributed by atoms with van der Waals surface area (Å²) < 4.78 is 3.32. The van der Waals surface area contributed by atoms with Crippen LogP contribution >= 0.6 is 0 Å². The number of aliphatic hydroxyl groups excluding tert-OH is 1. The number of nitrogens with zero attached hydrogens (tertiary/aromatic N) is 2. The molecule has 0 aliphatic carbocycles. The van der Waals surface area contributed by atoms with Gasteiger partial charge < -0.3 is 5.11 Å². The molecule has 0 amide bonds. The fourth-order valence-electron chi connectivity index (χ4n) is 1.89. The summed E-state index contributed by atoms with van der Waals surface area (Å²) in [5.74, 6) is 0. The SMILES string of the molecule is CCn1c(=O)n(CCO)c2ccccc21. The highest BCUT2D eigenvalue weighted by atomic mass is 16.3. The summed E-state index contributed by atoms with van der Waals surface area (Å²) in [7, 11) is 0. The van der Waals surface area contributed by atoms with Crippen LogP contribution in [0.3, 0.4) is 0 Å². The summed E-state index contributed by atoms with van der Waals surface area (Å²) in [5, 5.41) is 8.92. The molecule has 0 aliphatic rings. The number of hydrogen-bond donors (Lipinski definition) is 1. The van der Waals surface area contributed by atoms with Crippen molar-refractivity contribution in [3.8, 4) is 0 Å². The van der Waals surface area contributed by atoms with Crippen molar-refractivity contribution in [2.24, 2.45) is 0 Å². The Morgan fingerprint density at radius 2 is 1.80 bits per heavy atom. The molecule has 0 spiro atoms. The molecule has 1 aromatic carbocycles. The van der Waals surface area contributed by atoms with Crippen molar-refractivity contribution in [2.45, 2.75) is 20.0 Å². The lowest BCUT2D eigenvalue weighted by atomic mass is 10.3. The van der Waals surface area contributed by atoms with Crippen LogP contribution in [-0.2, 0) is 13.1 Å². The minimum absolute atomic E-state index is 0.0162. The Morgan fingerprint density at radius 3 is 2.33 bits per heavy atom. The van der Waals surface area contributed by atoms with Crippen molar-refractivity contribution in [1.82, 2.24) is 9.13 Å². The fourth-order valence-corrected chi connectivity index (χ4v) is 1.89. The van der Waals surface area contributed by atoms with Crippen LogP contribution < -0.4 is 5.69 Å². The number of para-hydroxylation sites is 2. The molecule has 1 heterocycles. The van der Waals surface area contributed by atoms with E-state index in [1.807, 2.05) is 31.2 Å². The Bertz CT molecular complexity index is 525. The lowest BCUT2D eigenvalue weighted by Gasteiger charge is -1.97. The van der Waals surface area contributed by atoms with Gasteiger partial charge in [-0.1, -0.05) is 12.1 Å². The van der Waals surface area contributed by atoms with E-state index in [0.717, 1.165) is 11.0 Å². The normalized spacial score (nSPS) is 11.1. The molecule has 2 aromatic rings.